The van der Waals surface area contributed by atoms with Crippen LogP contribution in [0.1, 0.15) is 15.9 Å². The van der Waals surface area contributed by atoms with Crippen molar-refractivity contribution in [1.82, 2.24) is 5.32 Å². The first-order valence-electron chi connectivity index (χ1n) is 4.49. The van der Waals surface area contributed by atoms with Gasteiger partial charge in [0.25, 0.3) is 5.91 Å². The number of benzene rings is 1. The van der Waals surface area contributed by atoms with Crippen LogP contribution in [-0.2, 0) is 0 Å². The fraction of sp³-hybridized carbons (Fsp3) is 0.273. The lowest BCUT2D eigenvalue weighted by molar-refractivity contribution is 0.0958. The van der Waals surface area contributed by atoms with E-state index in [2.05, 4.69) is 5.32 Å². The molecule has 78 valence electrons. The molecule has 0 aliphatic heterocycles. The van der Waals surface area contributed by atoms with E-state index >= 15 is 0 Å². The number of methoxy groups -OCH3 is 1. The molecule has 0 unspecified atom stereocenters. The van der Waals surface area contributed by atoms with Crippen LogP contribution in [0.2, 0.25) is 0 Å². The van der Waals surface area contributed by atoms with Gasteiger partial charge in [-0.3, -0.25) is 4.79 Å². The molecule has 0 aliphatic carbocycles. The SMILES string of the molecule is COc1cc(C(=O)NCC#N)ccc1C. The molecule has 0 atom stereocenters. The molecular formula is C11H12N2O2. The number of ether oxygens (including phenoxy) is 1. The van der Waals surface area contributed by atoms with Crippen LogP contribution in [0.5, 0.6) is 5.75 Å². The number of rotatable bonds is 3. The van der Waals surface area contributed by atoms with E-state index < -0.39 is 0 Å². The third-order valence-electron chi connectivity index (χ3n) is 2.00. The van der Waals surface area contributed by atoms with Crippen LogP contribution in [0.15, 0.2) is 18.2 Å². The van der Waals surface area contributed by atoms with Crippen LogP contribution in [0.25, 0.3) is 0 Å². The van der Waals surface area contributed by atoms with Crippen LogP contribution in [0.3, 0.4) is 0 Å². The van der Waals surface area contributed by atoms with Crippen molar-refractivity contribution < 1.29 is 9.53 Å². The van der Waals surface area contributed by atoms with Gasteiger partial charge in [-0.1, -0.05) is 6.07 Å². The van der Waals surface area contributed by atoms with Crippen molar-refractivity contribution >= 4 is 5.91 Å². The summed E-state index contributed by atoms with van der Waals surface area (Å²) in [7, 11) is 1.55. The third kappa shape index (κ3) is 2.71. The molecule has 0 bridgehead atoms. The van der Waals surface area contributed by atoms with Gasteiger partial charge in [0.2, 0.25) is 0 Å². The quantitative estimate of drug-likeness (QED) is 0.754. The van der Waals surface area contributed by atoms with Gasteiger partial charge < -0.3 is 10.1 Å². The number of nitriles is 1. The molecule has 4 nitrogen and oxygen atoms in total. The average molecular weight is 204 g/mol. The number of nitrogens with one attached hydrogen (secondary N) is 1. The van der Waals surface area contributed by atoms with Crippen molar-refractivity contribution in [3.63, 3.8) is 0 Å². The zero-order valence-corrected chi connectivity index (χ0v) is 8.70. The van der Waals surface area contributed by atoms with Gasteiger partial charge in [0.15, 0.2) is 0 Å². The topological polar surface area (TPSA) is 62.1 Å². The van der Waals surface area contributed by atoms with Gasteiger partial charge >= 0.3 is 0 Å². The maximum absolute atomic E-state index is 11.5. The Morgan fingerprint density at radius 3 is 2.93 bits per heavy atom. The molecule has 0 heterocycles. The van der Waals surface area contributed by atoms with Crippen molar-refractivity contribution in [2.75, 3.05) is 13.7 Å². The van der Waals surface area contributed by atoms with Crippen LogP contribution >= 0.6 is 0 Å². The predicted molar refractivity (Wildman–Crippen MR) is 55.7 cm³/mol. The number of hydrogen-bond donors (Lipinski definition) is 1. The van der Waals surface area contributed by atoms with Crippen molar-refractivity contribution in [2.24, 2.45) is 0 Å². The van der Waals surface area contributed by atoms with E-state index in [4.69, 9.17) is 10.00 Å². The van der Waals surface area contributed by atoms with Gasteiger partial charge in [-0.2, -0.15) is 5.26 Å². The first-order chi connectivity index (χ1) is 7.19. The summed E-state index contributed by atoms with van der Waals surface area (Å²) in [6, 6.07) is 7.00. The Kier molecular flexibility index (Phi) is 3.69. The number of carbonyl (C=O) groups is 1. The molecular weight excluding hydrogens is 192 g/mol. The second-order valence-corrected chi connectivity index (χ2v) is 3.03. The summed E-state index contributed by atoms with van der Waals surface area (Å²) in [5.41, 5.74) is 1.46. The summed E-state index contributed by atoms with van der Waals surface area (Å²) < 4.78 is 5.10. The van der Waals surface area contributed by atoms with Gasteiger partial charge in [0.1, 0.15) is 12.3 Å². The van der Waals surface area contributed by atoms with Crippen LogP contribution in [0.4, 0.5) is 0 Å². The molecule has 1 aromatic rings. The Morgan fingerprint density at radius 2 is 2.33 bits per heavy atom. The molecule has 0 spiro atoms. The second kappa shape index (κ2) is 5.01. The normalized spacial score (nSPS) is 9.13. The van der Waals surface area contributed by atoms with Crippen LogP contribution < -0.4 is 10.1 Å². The highest BCUT2D eigenvalue weighted by Gasteiger charge is 2.07. The molecule has 0 aliphatic rings. The van der Waals surface area contributed by atoms with Gasteiger partial charge in [0, 0.05) is 5.56 Å². The summed E-state index contributed by atoms with van der Waals surface area (Å²) in [5, 5.41) is 10.8. The summed E-state index contributed by atoms with van der Waals surface area (Å²) in [6.45, 7) is 1.91. The minimum absolute atomic E-state index is 0.00895. The average Bonchev–Trinajstić information content (AvgIpc) is 2.26. The maximum Gasteiger partial charge on any atom is 0.252 e. The van der Waals surface area contributed by atoms with Crippen molar-refractivity contribution in [3.05, 3.63) is 29.3 Å². The number of carbonyl (C=O) groups excluding carboxylic acids is 1. The number of nitrogens with zero attached hydrogens (tertiary/aromatic N) is 1. The number of aryl methyl sites for hydroxylation is 1. The molecule has 0 saturated heterocycles. The highest BCUT2D eigenvalue weighted by Crippen LogP contribution is 2.18. The molecule has 1 rings (SSSR count). The Hall–Kier alpha value is -2.02. The van der Waals surface area contributed by atoms with E-state index in [1.54, 1.807) is 25.3 Å². The maximum atomic E-state index is 11.5. The second-order valence-electron chi connectivity index (χ2n) is 3.03. The van der Waals surface area contributed by atoms with Gasteiger partial charge in [0.05, 0.1) is 13.2 Å². The minimum Gasteiger partial charge on any atom is -0.496 e. The molecule has 1 amide bonds. The monoisotopic (exact) mass is 204 g/mol. The zero-order chi connectivity index (χ0) is 11.3. The molecule has 0 saturated carbocycles. The minimum atomic E-state index is -0.269. The summed E-state index contributed by atoms with van der Waals surface area (Å²) in [6.07, 6.45) is 0. The summed E-state index contributed by atoms with van der Waals surface area (Å²) in [5.74, 6) is 0.398. The first kappa shape index (κ1) is 11.1. The Bertz CT molecular complexity index is 408. The van der Waals surface area contributed by atoms with Gasteiger partial charge in [-0.05, 0) is 24.6 Å². The summed E-state index contributed by atoms with van der Waals surface area (Å²) in [4.78, 5) is 11.5. The van der Waals surface area contributed by atoms with E-state index in [-0.39, 0.29) is 12.5 Å². The zero-order valence-electron chi connectivity index (χ0n) is 8.70. The lowest BCUT2D eigenvalue weighted by Crippen LogP contribution is -2.23. The fourth-order valence-electron chi connectivity index (χ4n) is 1.18. The molecule has 4 heteroatoms. The van der Waals surface area contributed by atoms with Crippen molar-refractivity contribution in [2.45, 2.75) is 6.92 Å². The number of hydrogen-bond acceptors (Lipinski definition) is 3. The first-order valence-corrected chi connectivity index (χ1v) is 4.49. The van der Waals surface area contributed by atoms with E-state index in [0.29, 0.717) is 11.3 Å². The standard InChI is InChI=1S/C11H12N2O2/c1-8-3-4-9(7-10(8)15-2)11(14)13-6-5-12/h3-4,7H,6H2,1-2H3,(H,13,14). The summed E-state index contributed by atoms with van der Waals surface area (Å²) >= 11 is 0. The van der Waals surface area contributed by atoms with Gasteiger partial charge in [-0.25, -0.2) is 0 Å². The molecule has 1 N–H and O–H groups in total. The lowest BCUT2D eigenvalue weighted by atomic mass is 10.1. The van der Waals surface area contributed by atoms with Crippen LogP contribution in [0, 0.1) is 18.3 Å². The third-order valence-corrected chi connectivity index (χ3v) is 2.00. The fourth-order valence-corrected chi connectivity index (χ4v) is 1.18. The van der Waals surface area contributed by atoms with Crippen LogP contribution in [-0.4, -0.2) is 19.6 Å². The van der Waals surface area contributed by atoms with E-state index in [0.717, 1.165) is 5.56 Å². The predicted octanol–water partition coefficient (Wildman–Crippen LogP) is 1.26. The van der Waals surface area contributed by atoms with E-state index in [9.17, 15) is 4.79 Å². The Morgan fingerprint density at radius 1 is 1.60 bits per heavy atom. The molecule has 0 aromatic heterocycles. The Balaban J connectivity index is 2.87. The molecule has 15 heavy (non-hydrogen) atoms. The highest BCUT2D eigenvalue weighted by molar-refractivity contribution is 5.94. The molecule has 1 aromatic carbocycles. The largest absolute Gasteiger partial charge is 0.496 e. The Labute approximate surface area is 88.5 Å². The highest BCUT2D eigenvalue weighted by atomic mass is 16.5. The smallest absolute Gasteiger partial charge is 0.252 e. The van der Waals surface area contributed by atoms with E-state index in [1.807, 2.05) is 13.0 Å². The van der Waals surface area contributed by atoms with E-state index in [1.165, 1.54) is 0 Å². The number of amides is 1. The van der Waals surface area contributed by atoms with Crippen molar-refractivity contribution in [3.8, 4) is 11.8 Å². The molecule has 0 fully saturated rings. The lowest BCUT2D eigenvalue weighted by Gasteiger charge is -2.06. The molecule has 0 radical (unpaired) electrons. The van der Waals surface area contributed by atoms with Gasteiger partial charge in [-0.15, -0.1) is 0 Å². The van der Waals surface area contributed by atoms with Crippen molar-refractivity contribution in [1.29, 1.82) is 5.26 Å².